The molecule has 0 bridgehead atoms. The van der Waals surface area contributed by atoms with Crippen LogP contribution in [0.3, 0.4) is 0 Å². The third kappa shape index (κ3) is 3.66. The van der Waals surface area contributed by atoms with Gasteiger partial charge in [-0.3, -0.25) is 0 Å². The highest BCUT2D eigenvalue weighted by molar-refractivity contribution is 5.37. The van der Waals surface area contributed by atoms with Gasteiger partial charge in [-0.25, -0.2) is 4.79 Å². The third-order valence-electron chi connectivity index (χ3n) is 6.36. The van der Waals surface area contributed by atoms with Crippen molar-refractivity contribution >= 4 is 0 Å². The molecule has 27 heavy (non-hydrogen) atoms. The Morgan fingerprint density at radius 2 is 2.15 bits per heavy atom. The first-order chi connectivity index (χ1) is 13.0. The van der Waals surface area contributed by atoms with E-state index in [2.05, 4.69) is 0 Å². The third-order valence-corrected chi connectivity index (χ3v) is 6.36. The quantitative estimate of drug-likeness (QED) is 0.758. The predicted octanol–water partition coefficient (Wildman–Crippen LogP) is 4.56. The van der Waals surface area contributed by atoms with Crippen LogP contribution >= 0.6 is 0 Å². The molecule has 1 aromatic heterocycles. The fourth-order valence-electron chi connectivity index (χ4n) is 4.86. The zero-order valence-electron chi connectivity index (χ0n) is 16.4. The molecule has 1 saturated heterocycles. The number of rotatable bonds is 7. The van der Waals surface area contributed by atoms with Gasteiger partial charge in [0.25, 0.3) is 0 Å². The summed E-state index contributed by atoms with van der Waals surface area (Å²) >= 11 is 0. The molecular weight excluding hydrogens is 344 g/mol. The molecule has 5 nitrogen and oxygen atoms in total. The largest absolute Gasteiger partial charge is 0.507 e. The van der Waals surface area contributed by atoms with E-state index in [1.54, 1.807) is 6.07 Å². The monoisotopic (exact) mass is 374 g/mol. The molecule has 1 N–H and O–H groups in total. The van der Waals surface area contributed by atoms with Crippen LogP contribution in [0, 0.1) is 5.41 Å². The minimum atomic E-state index is -0.795. The van der Waals surface area contributed by atoms with Gasteiger partial charge in [-0.2, -0.15) is 0 Å². The number of allylic oxidation sites excluding steroid dienone is 1. The van der Waals surface area contributed by atoms with Crippen molar-refractivity contribution in [1.82, 2.24) is 0 Å². The van der Waals surface area contributed by atoms with Crippen LogP contribution in [0.5, 0.6) is 5.75 Å². The molecule has 1 aromatic rings. The van der Waals surface area contributed by atoms with Crippen LogP contribution in [-0.2, 0) is 21.5 Å². The van der Waals surface area contributed by atoms with Gasteiger partial charge in [0.15, 0.2) is 0 Å². The van der Waals surface area contributed by atoms with E-state index in [0.717, 1.165) is 50.9 Å². The van der Waals surface area contributed by atoms with Gasteiger partial charge in [-0.15, -0.1) is 0 Å². The Bertz CT molecular complexity index is 782. The van der Waals surface area contributed by atoms with Crippen LogP contribution in [0.15, 0.2) is 27.1 Å². The van der Waals surface area contributed by atoms with Gasteiger partial charge in [-0.05, 0) is 56.9 Å². The summed E-state index contributed by atoms with van der Waals surface area (Å²) in [6.45, 7) is 4.79. The number of hydrogen-bond donors (Lipinski definition) is 1. The lowest BCUT2D eigenvalue weighted by molar-refractivity contribution is 0.00888. The maximum atomic E-state index is 12.8. The molecule has 5 heteroatoms. The summed E-state index contributed by atoms with van der Waals surface area (Å²) in [4.78, 5) is 12.8. The lowest BCUT2D eigenvalue weighted by Crippen LogP contribution is -2.32. The fraction of sp³-hybridized carbons (Fsp3) is 0.682. The standard InChI is InChI=1S/C22H30O5/c1-3-7-22(8-6-15(2)27-22)19-18(23)12-17(26-20(19)24)14-21(9-10-21)13-16-5-4-11-25-16/h6,12,16,23H,3-5,7-11,13-14H2,1-2H3. The molecule has 0 amide bonds. The van der Waals surface area contributed by atoms with Gasteiger partial charge in [0.1, 0.15) is 22.7 Å². The second kappa shape index (κ2) is 7.01. The van der Waals surface area contributed by atoms with E-state index in [9.17, 15) is 9.90 Å². The van der Waals surface area contributed by atoms with Crippen LogP contribution in [0.1, 0.15) is 76.5 Å². The summed E-state index contributed by atoms with van der Waals surface area (Å²) in [5.41, 5.74) is -0.821. The molecule has 1 aliphatic carbocycles. The van der Waals surface area contributed by atoms with E-state index in [1.807, 2.05) is 19.9 Å². The lowest BCUT2D eigenvalue weighted by atomic mass is 9.86. The molecular formula is C22H30O5. The smallest absolute Gasteiger partial charge is 0.346 e. The van der Waals surface area contributed by atoms with Crippen molar-refractivity contribution in [2.24, 2.45) is 5.41 Å². The summed E-state index contributed by atoms with van der Waals surface area (Å²) in [7, 11) is 0. The molecule has 3 aliphatic rings. The van der Waals surface area contributed by atoms with E-state index in [-0.39, 0.29) is 16.7 Å². The molecule has 0 spiro atoms. The van der Waals surface area contributed by atoms with Crippen LogP contribution in [0.4, 0.5) is 0 Å². The number of ether oxygens (including phenoxy) is 2. The highest BCUT2D eigenvalue weighted by atomic mass is 16.5. The van der Waals surface area contributed by atoms with Crippen LogP contribution in [0.2, 0.25) is 0 Å². The van der Waals surface area contributed by atoms with Crippen molar-refractivity contribution in [3.63, 3.8) is 0 Å². The van der Waals surface area contributed by atoms with E-state index in [0.29, 0.717) is 31.1 Å². The zero-order valence-corrected chi connectivity index (χ0v) is 16.4. The van der Waals surface area contributed by atoms with Gasteiger partial charge in [-0.1, -0.05) is 13.3 Å². The molecule has 2 unspecified atom stereocenters. The Balaban J connectivity index is 1.56. The molecule has 1 saturated carbocycles. The minimum absolute atomic E-state index is 0.00529. The second-order valence-corrected chi connectivity index (χ2v) is 8.64. The molecule has 4 rings (SSSR count). The second-order valence-electron chi connectivity index (χ2n) is 8.64. The maximum Gasteiger partial charge on any atom is 0.346 e. The summed E-state index contributed by atoms with van der Waals surface area (Å²) in [5.74, 6) is 1.37. The van der Waals surface area contributed by atoms with Crippen LogP contribution < -0.4 is 5.63 Å². The minimum Gasteiger partial charge on any atom is -0.507 e. The summed E-state index contributed by atoms with van der Waals surface area (Å²) in [6.07, 6.45) is 10.7. The highest BCUT2D eigenvalue weighted by Crippen LogP contribution is 2.53. The van der Waals surface area contributed by atoms with Gasteiger partial charge >= 0.3 is 5.63 Å². The summed E-state index contributed by atoms with van der Waals surface area (Å²) < 4.78 is 17.5. The first kappa shape index (κ1) is 18.6. The first-order valence-corrected chi connectivity index (χ1v) is 10.3. The van der Waals surface area contributed by atoms with Gasteiger partial charge in [0.05, 0.1) is 11.9 Å². The Hall–Kier alpha value is -1.75. The Morgan fingerprint density at radius 1 is 1.33 bits per heavy atom. The topological polar surface area (TPSA) is 68.9 Å². The predicted molar refractivity (Wildman–Crippen MR) is 102 cm³/mol. The fourth-order valence-corrected chi connectivity index (χ4v) is 4.86. The zero-order chi connectivity index (χ0) is 19.1. The van der Waals surface area contributed by atoms with Crippen molar-refractivity contribution in [2.75, 3.05) is 6.61 Å². The van der Waals surface area contributed by atoms with Crippen LogP contribution in [0.25, 0.3) is 0 Å². The van der Waals surface area contributed by atoms with E-state index in [1.165, 1.54) is 0 Å². The summed E-state index contributed by atoms with van der Waals surface area (Å²) in [5, 5.41) is 10.7. The van der Waals surface area contributed by atoms with E-state index < -0.39 is 11.2 Å². The number of hydrogen-bond acceptors (Lipinski definition) is 5. The molecule has 0 radical (unpaired) electrons. The van der Waals surface area contributed by atoms with Crippen molar-refractivity contribution < 1.29 is 19.0 Å². The number of aromatic hydroxyl groups is 1. The maximum absolute atomic E-state index is 12.8. The highest BCUT2D eigenvalue weighted by Gasteiger charge is 2.46. The SMILES string of the molecule is CCCC1(c2c(O)cc(CC3(CC4CCCO4)CC3)oc2=O)CC=C(C)O1. The van der Waals surface area contributed by atoms with E-state index in [4.69, 9.17) is 13.9 Å². The van der Waals surface area contributed by atoms with Gasteiger partial charge < -0.3 is 19.0 Å². The Labute approximate surface area is 160 Å². The molecule has 0 aromatic carbocycles. The van der Waals surface area contributed by atoms with Crippen molar-refractivity contribution in [1.29, 1.82) is 0 Å². The van der Waals surface area contributed by atoms with Crippen LogP contribution in [-0.4, -0.2) is 17.8 Å². The molecule has 2 aliphatic heterocycles. The van der Waals surface area contributed by atoms with Crippen molar-refractivity contribution in [3.05, 3.63) is 39.6 Å². The van der Waals surface area contributed by atoms with Gasteiger partial charge in [0.2, 0.25) is 0 Å². The lowest BCUT2D eigenvalue weighted by Gasteiger charge is -2.29. The van der Waals surface area contributed by atoms with Crippen molar-refractivity contribution in [3.8, 4) is 5.75 Å². The van der Waals surface area contributed by atoms with Crippen molar-refractivity contribution in [2.45, 2.75) is 83.3 Å². The Morgan fingerprint density at radius 3 is 2.70 bits per heavy atom. The average Bonchev–Trinajstić information content (AvgIpc) is 2.99. The molecule has 2 fully saturated rings. The summed E-state index contributed by atoms with van der Waals surface area (Å²) in [6, 6.07) is 1.64. The van der Waals surface area contributed by atoms with E-state index >= 15 is 0 Å². The Kier molecular flexibility index (Phi) is 4.83. The molecule has 3 heterocycles. The van der Waals surface area contributed by atoms with Gasteiger partial charge in [0, 0.05) is 25.5 Å². The first-order valence-electron chi connectivity index (χ1n) is 10.3. The normalized spacial score (nSPS) is 28.8. The molecule has 2 atom stereocenters. The average molecular weight is 374 g/mol. The molecule has 148 valence electrons.